The molecule has 80 valence electrons. The molecule has 0 amide bonds. The van der Waals surface area contributed by atoms with E-state index in [1.54, 1.807) is 35.8 Å². The number of allylic oxidation sites excluding steroid dienone is 1. The number of hydrogen-bond acceptors (Lipinski definition) is 5. The molecule has 2 heterocycles. The van der Waals surface area contributed by atoms with E-state index in [-0.39, 0.29) is 11.5 Å². The largest absolute Gasteiger partial charge is 0.312 e. The molecule has 1 aromatic rings. The molecule has 0 spiro atoms. The van der Waals surface area contributed by atoms with Gasteiger partial charge in [0.15, 0.2) is 0 Å². The third-order valence-electron chi connectivity index (χ3n) is 1.94. The maximum Gasteiger partial charge on any atom is 0.312 e. The lowest BCUT2D eigenvalue weighted by Gasteiger charge is -2.12. The fourth-order valence-electron chi connectivity index (χ4n) is 1.26. The number of pyridine rings is 1. The highest BCUT2D eigenvalue weighted by Crippen LogP contribution is 2.25. The molecular weight excluding hydrogens is 208 g/mol. The summed E-state index contributed by atoms with van der Waals surface area (Å²) < 4.78 is 0. The maximum atomic E-state index is 10.8. The second kappa shape index (κ2) is 4.35. The maximum absolute atomic E-state index is 10.8. The summed E-state index contributed by atoms with van der Waals surface area (Å²) in [5.74, 6) is 0.269. The van der Waals surface area contributed by atoms with Crippen LogP contribution in [0.4, 0.5) is 11.5 Å². The van der Waals surface area contributed by atoms with E-state index in [1.165, 1.54) is 18.3 Å². The van der Waals surface area contributed by atoms with Crippen molar-refractivity contribution in [3.8, 4) is 0 Å². The van der Waals surface area contributed by atoms with E-state index < -0.39 is 4.92 Å². The topological polar surface area (TPSA) is 71.6 Å². The average Bonchev–Trinajstić information content (AvgIpc) is 2.57. The first-order chi connectivity index (χ1) is 7.79. The van der Waals surface area contributed by atoms with E-state index in [0.717, 1.165) is 0 Å². The van der Waals surface area contributed by atoms with Gasteiger partial charge in [0.05, 0.1) is 4.92 Å². The normalized spacial score (nSPS) is 13.9. The Morgan fingerprint density at radius 1 is 1.38 bits per heavy atom. The Bertz CT molecular complexity index is 477. The van der Waals surface area contributed by atoms with Crippen molar-refractivity contribution in [1.82, 2.24) is 4.98 Å². The Morgan fingerprint density at radius 2 is 2.25 bits per heavy atom. The van der Waals surface area contributed by atoms with Crippen molar-refractivity contribution in [2.45, 2.75) is 0 Å². The molecule has 16 heavy (non-hydrogen) atoms. The Morgan fingerprint density at radius 3 is 3.06 bits per heavy atom. The molecule has 1 aliphatic heterocycles. The predicted molar refractivity (Wildman–Crippen MR) is 60.1 cm³/mol. The minimum absolute atomic E-state index is 0.0429. The van der Waals surface area contributed by atoms with Crippen molar-refractivity contribution in [2.24, 2.45) is 4.99 Å². The number of aliphatic imine (C=N–C) groups is 1. The highest BCUT2D eigenvalue weighted by molar-refractivity contribution is 5.74. The minimum atomic E-state index is -0.463. The summed E-state index contributed by atoms with van der Waals surface area (Å²) in [6, 6.07) is 2.94. The second-order valence-electron chi connectivity index (χ2n) is 2.95. The van der Waals surface area contributed by atoms with Gasteiger partial charge in [0.1, 0.15) is 0 Å². The molecule has 1 aromatic heterocycles. The summed E-state index contributed by atoms with van der Waals surface area (Å²) in [5.41, 5.74) is -0.0429. The van der Waals surface area contributed by atoms with Gasteiger partial charge >= 0.3 is 5.69 Å². The van der Waals surface area contributed by atoms with Crippen LogP contribution in [0.15, 0.2) is 48.0 Å². The Kier molecular flexibility index (Phi) is 2.73. The smallest absolute Gasteiger partial charge is 0.301 e. The number of rotatable bonds is 2. The van der Waals surface area contributed by atoms with Crippen molar-refractivity contribution >= 4 is 17.7 Å². The van der Waals surface area contributed by atoms with Crippen LogP contribution in [-0.4, -0.2) is 16.1 Å². The molecule has 0 saturated heterocycles. The molecule has 0 aliphatic carbocycles. The van der Waals surface area contributed by atoms with Gasteiger partial charge in [0.2, 0.25) is 5.82 Å². The molecule has 2 rings (SSSR count). The van der Waals surface area contributed by atoms with Crippen LogP contribution in [0.5, 0.6) is 0 Å². The molecule has 0 fully saturated rings. The van der Waals surface area contributed by atoms with Gasteiger partial charge in [-0.2, -0.15) is 0 Å². The van der Waals surface area contributed by atoms with Gasteiger partial charge in [-0.1, -0.05) is 0 Å². The predicted octanol–water partition coefficient (Wildman–Crippen LogP) is 1.87. The highest BCUT2D eigenvalue weighted by Gasteiger charge is 2.17. The van der Waals surface area contributed by atoms with Gasteiger partial charge in [-0.3, -0.25) is 15.1 Å². The molecule has 0 aromatic carbocycles. The molecule has 0 atom stereocenters. The van der Waals surface area contributed by atoms with Crippen LogP contribution in [0.25, 0.3) is 0 Å². The van der Waals surface area contributed by atoms with Crippen molar-refractivity contribution in [1.29, 1.82) is 0 Å². The Hall–Kier alpha value is -2.50. The van der Waals surface area contributed by atoms with Crippen LogP contribution in [0.3, 0.4) is 0 Å². The fraction of sp³-hybridized carbons (Fsp3) is 0. The van der Waals surface area contributed by atoms with E-state index in [4.69, 9.17) is 0 Å². The van der Waals surface area contributed by atoms with E-state index in [1.807, 2.05) is 0 Å². The van der Waals surface area contributed by atoms with Gasteiger partial charge in [-0.05, 0) is 12.1 Å². The van der Waals surface area contributed by atoms with E-state index in [0.29, 0.717) is 0 Å². The summed E-state index contributed by atoms with van der Waals surface area (Å²) in [4.78, 5) is 19.8. The lowest BCUT2D eigenvalue weighted by molar-refractivity contribution is -0.384. The minimum Gasteiger partial charge on any atom is -0.301 e. The molecule has 6 nitrogen and oxygen atoms in total. The van der Waals surface area contributed by atoms with Gasteiger partial charge < -0.3 is 4.90 Å². The summed E-state index contributed by atoms with van der Waals surface area (Å²) in [5, 5.41) is 10.8. The number of nitrogens with zero attached hydrogens (tertiary/aromatic N) is 4. The zero-order valence-corrected chi connectivity index (χ0v) is 8.22. The van der Waals surface area contributed by atoms with Crippen LogP contribution in [0.1, 0.15) is 0 Å². The van der Waals surface area contributed by atoms with Gasteiger partial charge in [-0.25, -0.2) is 4.98 Å². The van der Waals surface area contributed by atoms with E-state index in [9.17, 15) is 10.1 Å². The lowest BCUT2D eigenvalue weighted by atomic mass is 10.3. The monoisotopic (exact) mass is 216 g/mol. The number of aromatic nitrogens is 1. The molecule has 0 bridgehead atoms. The summed E-state index contributed by atoms with van der Waals surface area (Å²) >= 11 is 0. The number of hydrogen-bond donors (Lipinski definition) is 0. The van der Waals surface area contributed by atoms with Crippen LogP contribution in [0.2, 0.25) is 0 Å². The second-order valence-corrected chi connectivity index (χ2v) is 2.95. The molecule has 6 heteroatoms. The van der Waals surface area contributed by atoms with Crippen LogP contribution >= 0.6 is 0 Å². The molecule has 0 unspecified atom stereocenters. The summed E-state index contributed by atoms with van der Waals surface area (Å²) in [6.45, 7) is 0. The van der Waals surface area contributed by atoms with Crippen molar-refractivity contribution in [2.75, 3.05) is 4.90 Å². The zero-order valence-electron chi connectivity index (χ0n) is 8.22. The third-order valence-corrected chi connectivity index (χ3v) is 1.94. The molecule has 0 radical (unpaired) electrons. The van der Waals surface area contributed by atoms with Gasteiger partial charge in [0, 0.05) is 37.1 Å². The summed E-state index contributed by atoms with van der Waals surface area (Å²) in [7, 11) is 0. The SMILES string of the molecule is O=[N+]([O-])c1cccnc1N1C=CC=NC=C1. The first kappa shape index (κ1) is 10.0. The van der Waals surface area contributed by atoms with Crippen LogP contribution in [-0.2, 0) is 0 Å². The quantitative estimate of drug-likeness (QED) is 0.558. The van der Waals surface area contributed by atoms with Crippen molar-refractivity contribution < 1.29 is 4.92 Å². The first-order valence-corrected chi connectivity index (χ1v) is 4.53. The average molecular weight is 216 g/mol. The standard InChI is InChI=1S/C10H8N4O2/c15-14(16)9-3-1-5-12-10(9)13-7-2-4-11-6-8-13/h1-8H. The van der Waals surface area contributed by atoms with E-state index in [2.05, 4.69) is 9.98 Å². The molecule has 0 saturated carbocycles. The van der Waals surface area contributed by atoms with Crippen LogP contribution < -0.4 is 4.90 Å². The lowest BCUT2D eigenvalue weighted by Crippen LogP contribution is -2.10. The van der Waals surface area contributed by atoms with Gasteiger partial charge in [-0.15, -0.1) is 0 Å². The summed E-state index contributed by atoms with van der Waals surface area (Å²) in [6.07, 6.45) is 9.58. The number of nitro groups is 1. The molecule has 0 N–H and O–H groups in total. The molecular formula is C10H8N4O2. The zero-order chi connectivity index (χ0) is 11.4. The Balaban J connectivity index is 2.43. The van der Waals surface area contributed by atoms with Gasteiger partial charge in [0.25, 0.3) is 0 Å². The fourth-order valence-corrected chi connectivity index (χ4v) is 1.26. The first-order valence-electron chi connectivity index (χ1n) is 4.53. The van der Waals surface area contributed by atoms with Crippen LogP contribution in [0, 0.1) is 10.1 Å². The highest BCUT2D eigenvalue weighted by atomic mass is 16.6. The molecule has 1 aliphatic rings. The van der Waals surface area contributed by atoms with E-state index >= 15 is 0 Å². The third kappa shape index (κ3) is 1.95. The van der Waals surface area contributed by atoms with Crippen molar-refractivity contribution in [3.05, 3.63) is 53.1 Å². The van der Waals surface area contributed by atoms with Crippen molar-refractivity contribution in [3.63, 3.8) is 0 Å². The number of anilines is 1. The Labute approximate surface area is 91.4 Å².